The van der Waals surface area contributed by atoms with Crippen molar-refractivity contribution in [3.63, 3.8) is 0 Å². The van der Waals surface area contributed by atoms with Gasteiger partial charge >= 0.3 is 0 Å². The summed E-state index contributed by atoms with van der Waals surface area (Å²) in [6, 6.07) is 24.2. The second-order valence-corrected chi connectivity index (χ2v) is 6.97. The number of aromatic amines is 1. The zero-order chi connectivity index (χ0) is 23.0. The number of nitrogens with zero attached hydrogens (tertiary/aromatic N) is 3. The number of nitrogens with one attached hydrogen (secondary N) is 2. The molecule has 33 heavy (non-hydrogen) atoms. The SMILES string of the molecule is N#Cc1c(-c2ccccc2)nc(NN=Cc2cccc(COc3ccc(F)cc3)c2)[nH]c1=O. The predicted octanol–water partition coefficient (Wildman–Crippen LogP) is 4.47. The maximum Gasteiger partial charge on any atom is 0.270 e. The van der Waals surface area contributed by atoms with Gasteiger partial charge in [0.15, 0.2) is 0 Å². The average molecular weight is 439 g/mol. The number of hydrogen-bond acceptors (Lipinski definition) is 6. The number of hydrogen-bond donors (Lipinski definition) is 2. The normalized spacial score (nSPS) is 10.7. The van der Waals surface area contributed by atoms with Crippen molar-refractivity contribution in [3.05, 3.63) is 112 Å². The molecule has 4 rings (SSSR count). The van der Waals surface area contributed by atoms with Gasteiger partial charge in [0.2, 0.25) is 5.95 Å². The highest BCUT2D eigenvalue weighted by Gasteiger charge is 2.12. The lowest BCUT2D eigenvalue weighted by Gasteiger charge is -2.07. The van der Waals surface area contributed by atoms with E-state index in [1.807, 2.05) is 36.4 Å². The zero-order valence-electron chi connectivity index (χ0n) is 17.3. The molecule has 0 aliphatic carbocycles. The summed E-state index contributed by atoms with van der Waals surface area (Å²) in [6.45, 7) is 0.311. The summed E-state index contributed by atoms with van der Waals surface area (Å²) in [5.41, 5.74) is 4.71. The van der Waals surface area contributed by atoms with Crippen LogP contribution in [-0.4, -0.2) is 16.2 Å². The molecule has 0 saturated carbocycles. The van der Waals surface area contributed by atoms with Crippen molar-refractivity contribution in [1.82, 2.24) is 9.97 Å². The fourth-order valence-electron chi connectivity index (χ4n) is 3.06. The molecule has 7 nitrogen and oxygen atoms in total. The lowest BCUT2D eigenvalue weighted by Crippen LogP contribution is -2.16. The van der Waals surface area contributed by atoms with Crippen LogP contribution in [0.25, 0.3) is 11.3 Å². The van der Waals surface area contributed by atoms with Crippen molar-refractivity contribution in [1.29, 1.82) is 5.26 Å². The third-order valence-corrected chi connectivity index (χ3v) is 4.63. The molecule has 3 aromatic carbocycles. The Hall–Kier alpha value is -4.77. The summed E-state index contributed by atoms with van der Waals surface area (Å²) in [6.07, 6.45) is 1.57. The molecule has 0 aliphatic heterocycles. The third kappa shape index (κ3) is 5.48. The molecule has 162 valence electrons. The number of hydrazone groups is 1. The Bertz CT molecular complexity index is 1380. The van der Waals surface area contributed by atoms with Gasteiger partial charge in [-0.05, 0) is 41.5 Å². The number of aromatic nitrogens is 2. The molecule has 1 aromatic heterocycles. The third-order valence-electron chi connectivity index (χ3n) is 4.63. The largest absolute Gasteiger partial charge is 0.489 e. The van der Waals surface area contributed by atoms with Crippen LogP contribution in [0.4, 0.5) is 10.3 Å². The Kier molecular flexibility index (Phi) is 6.52. The van der Waals surface area contributed by atoms with Crippen molar-refractivity contribution >= 4 is 12.2 Å². The highest BCUT2D eigenvalue weighted by molar-refractivity contribution is 5.80. The second-order valence-electron chi connectivity index (χ2n) is 6.97. The molecule has 8 heteroatoms. The first-order chi connectivity index (χ1) is 16.1. The van der Waals surface area contributed by atoms with E-state index in [0.717, 1.165) is 11.1 Å². The van der Waals surface area contributed by atoms with Gasteiger partial charge in [-0.15, -0.1) is 0 Å². The van der Waals surface area contributed by atoms with E-state index < -0.39 is 5.56 Å². The molecule has 0 bridgehead atoms. The van der Waals surface area contributed by atoms with E-state index in [-0.39, 0.29) is 23.0 Å². The summed E-state index contributed by atoms with van der Waals surface area (Å²) >= 11 is 0. The van der Waals surface area contributed by atoms with Gasteiger partial charge in [0.05, 0.1) is 11.9 Å². The molecule has 2 N–H and O–H groups in total. The van der Waals surface area contributed by atoms with Gasteiger partial charge in [-0.3, -0.25) is 9.78 Å². The van der Waals surface area contributed by atoms with Gasteiger partial charge in [0, 0.05) is 5.56 Å². The molecule has 0 aliphatic rings. The number of benzene rings is 3. The summed E-state index contributed by atoms with van der Waals surface area (Å²) in [5.74, 6) is 0.370. The van der Waals surface area contributed by atoms with E-state index in [0.29, 0.717) is 17.9 Å². The molecule has 0 radical (unpaired) electrons. The van der Waals surface area contributed by atoms with E-state index >= 15 is 0 Å². The van der Waals surface area contributed by atoms with Gasteiger partial charge in [0.25, 0.3) is 5.56 Å². The summed E-state index contributed by atoms with van der Waals surface area (Å²) < 4.78 is 18.7. The molecule has 0 unspecified atom stereocenters. The van der Waals surface area contributed by atoms with Crippen LogP contribution in [-0.2, 0) is 6.61 Å². The molecule has 1 heterocycles. The number of nitriles is 1. The average Bonchev–Trinajstić information content (AvgIpc) is 2.84. The minimum Gasteiger partial charge on any atom is -0.489 e. The Morgan fingerprint density at radius 1 is 1.09 bits per heavy atom. The molecule has 0 saturated heterocycles. The number of ether oxygens (including phenoxy) is 1. The zero-order valence-corrected chi connectivity index (χ0v) is 17.3. The molecule has 0 spiro atoms. The molecule has 0 fully saturated rings. The fourth-order valence-corrected chi connectivity index (χ4v) is 3.06. The predicted molar refractivity (Wildman–Crippen MR) is 123 cm³/mol. The minimum atomic E-state index is -0.552. The van der Waals surface area contributed by atoms with Crippen molar-refractivity contribution in [2.75, 3.05) is 5.43 Å². The van der Waals surface area contributed by atoms with Gasteiger partial charge < -0.3 is 4.74 Å². The van der Waals surface area contributed by atoms with Crippen LogP contribution in [0.3, 0.4) is 0 Å². The fraction of sp³-hybridized carbons (Fsp3) is 0.0400. The summed E-state index contributed by atoms with van der Waals surface area (Å²) in [7, 11) is 0. The van der Waals surface area contributed by atoms with Gasteiger partial charge in [-0.25, -0.2) is 14.8 Å². The quantitative estimate of drug-likeness (QED) is 0.327. The lowest BCUT2D eigenvalue weighted by molar-refractivity contribution is 0.305. The maximum absolute atomic E-state index is 13.0. The standard InChI is InChI=1S/C25H18FN5O2/c26-20-9-11-21(12-10-20)33-16-18-6-4-5-17(13-18)15-28-31-25-29-23(19-7-2-1-3-8-19)22(14-27)24(32)30-25/h1-13,15H,16H2,(H2,29,30,31,32). The molecule has 0 amide bonds. The Balaban J connectivity index is 1.46. The second kappa shape index (κ2) is 10.0. The number of halogens is 1. The maximum atomic E-state index is 13.0. The first kappa shape index (κ1) is 21.5. The molecule has 4 aromatic rings. The van der Waals surface area contributed by atoms with Crippen LogP contribution >= 0.6 is 0 Å². The summed E-state index contributed by atoms with van der Waals surface area (Å²) in [4.78, 5) is 19.2. The van der Waals surface area contributed by atoms with E-state index in [4.69, 9.17) is 4.74 Å². The first-order valence-electron chi connectivity index (χ1n) is 9.98. The van der Waals surface area contributed by atoms with Crippen molar-refractivity contribution in [2.45, 2.75) is 6.61 Å². The molecule has 0 atom stereocenters. The van der Waals surface area contributed by atoms with Crippen LogP contribution in [0.2, 0.25) is 0 Å². The van der Waals surface area contributed by atoms with Gasteiger partial charge in [-0.2, -0.15) is 10.4 Å². The van der Waals surface area contributed by atoms with E-state index in [9.17, 15) is 14.4 Å². The Labute approximate surface area is 188 Å². The van der Waals surface area contributed by atoms with Crippen molar-refractivity contribution < 1.29 is 9.13 Å². The Morgan fingerprint density at radius 2 is 1.88 bits per heavy atom. The van der Waals surface area contributed by atoms with Crippen LogP contribution in [0, 0.1) is 17.1 Å². The number of H-pyrrole nitrogens is 1. The van der Waals surface area contributed by atoms with Gasteiger partial charge in [-0.1, -0.05) is 48.5 Å². The Morgan fingerprint density at radius 3 is 2.64 bits per heavy atom. The van der Waals surface area contributed by atoms with E-state index in [2.05, 4.69) is 20.5 Å². The summed E-state index contributed by atoms with van der Waals surface area (Å²) in [5, 5.41) is 13.5. The van der Waals surface area contributed by atoms with E-state index in [1.165, 1.54) is 12.1 Å². The van der Waals surface area contributed by atoms with Gasteiger partial charge in [0.1, 0.15) is 29.8 Å². The van der Waals surface area contributed by atoms with Crippen LogP contribution in [0.15, 0.2) is 88.8 Å². The number of anilines is 1. The minimum absolute atomic E-state index is 0.0652. The lowest BCUT2D eigenvalue weighted by atomic mass is 10.1. The smallest absolute Gasteiger partial charge is 0.270 e. The highest BCUT2D eigenvalue weighted by atomic mass is 19.1. The molecular weight excluding hydrogens is 421 g/mol. The van der Waals surface area contributed by atoms with Crippen molar-refractivity contribution in [3.8, 4) is 23.1 Å². The van der Waals surface area contributed by atoms with E-state index in [1.54, 1.807) is 42.6 Å². The first-order valence-corrected chi connectivity index (χ1v) is 9.98. The highest BCUT2D eigenvalue weighted by Crippen LogP contribution is 2.19. The monoisotopic (exact) mass is 439 g/mol. The topological polar surface area (TPSA) is 103 Å². The van der Waals surface area contributed by atoms with Crippen LogP contribution in [0.5, 0.6) is 5.75 Å². The van der Waals surface area contributed by atoms with Crippen molar-refractivity contribution in [2.24, 2.45) is 5.10 Å². The molecular formula is C25H18FN5O2. The number of rotatable bonds is 7. The van der Waals surface area contributed by atoms with Crippen LogP contribution in [0.1, 0.15) is 16.7 Å². The van der Waals surface area contributed by atoms with Crippen LogP contribution < -0.4 is 15.7 Å².